The number of aryl methyl sites for hydroxylation is 1. The Kier molecular flexibility index (Phi) is 3.19. The van der Waals surface area contributed by atoms with Crippen LogP contribution < -0.4 is 20.1 Å². The molecular formula is C12H16N2O3. The monoisotopic (exact) mass is 236 g/mol. The van der Waals surface area contributed by atoms with Crippen LogP contribution in [-0.2, 0) is 4.79 Å². The number of benzene rings is 1. The summed E-state index contributed by atoms with van der Waals surface area (Å²) < 4.78 is 11.0. The van der Waals surface area contributed by atoms with Gasteiger partial charge in [-0.3, -0.25) is 4.79 Å². The molecule has 0 bridgehead atoms. The number of carbonyl (C=O) groups excluding carboxylic acids is 1. The number of nitrogens with zero attached hydrogens (tertiary/aromatic N) is 1. The van der Waals surface area contributed by atoms with Crippen LogP contribution in [0.15, 0.2) is 12.1 Å². The fourth-order valence-electron chi connectivity index (χ4n) is 1.81. The van der Waals surface area contributed by atoms with Crippen molar-refractivity contribution in [1.82, 2.24) is 0 Å². The number of ether oxygens (including phenoxy) is 2. The highest BCUT2D eigenvalue weighted by atomic mass is 16.6. The average molecular weight is 236 g/mol. The lowest BCUT2D eigenvalue weighted by Gasteiger charge is -2.24. The minimum Gasteiger partial charge on any atom is -0.486 e. The van der Waals surface area contributed by atoms with Gasteiger partial charge in [0.05, 0.1) is 12.2 Å². The summed E-state index contributed by atoms with van der Waals surface area (Å²) in [5, 5.41) is 0. The van der Waals surface area contributed by atoms with Gasteiger partial charge in [0.2, 0.25) is 5.91 Å². The summed E-state index contributed by atoms with van der Waals surface area (Å²) >= 11 is 0. The second-order valence-corrected chi connectivity index (χ2v) is 3.94. The summed E-state index contributed by atoms with van der Waals surface area (Å²) in [4.78, 5) is 13.1. The van der Waals surface area contributed by atoms with Crippen molar-refractivity contribution in [3.63, 3.8) is 0 Å². The Labute approximate surface area is 100 Å². The van der Waals surface area contributed by atoms with Crippen LogP contribution in [0.1, 0.15) is 5.56 Å². The lowest BCUT2D eigenvalue weighted by molar-refractivity contribution is -0.117. The molecule has 0 aliphatic carbocycles. The maximum atomic E-state index is 11.6. The summed E-state index contributed by atoms with van der Waals surface area (Å²) in [6, 6.07) is 3.70. The highest BCUT2D eigenvalue weighted by molar-refractivity contribution is 5.95. The molecule has 0 spiro atoms. The number of carbonyl (C=O) groups is 1. The van der Waals surface area contributed by atoms with Gasteiger partial charge < -0.3 is 20.1 Å². The molecule has 0 unspecified atom stereocenters. The zero-order valence-corrected chi connectivity index (χ0v) is 10.0. The van der Waals surface area contributed by atoms with Crippen LogP contribution in [0.3, 0.4) is 0 Å². The first-order valence-electron chi connectivity index (χ1n) is 5.50. The predicted molar refractivity (Wildman–Crippen MR) is 64.6 cm³/mol. The van der Waals surface area contributed by atoms with Crippen molar-refractivity contribution in [3.8, 4) is 11.5 Å². The molecule has 0 saturated heterocycles. The van der Waals surface area contributed by atoms with E-state index < -0.39 is 0 Å². The third-order valence-electron chi connectivity index (χ3n) is 2.77. The van der Waals surface area contributed by atoms with Gasteiger partial charge in [-0.15, -0.1) is 0 Å². The molecule has 1 aliphatic rings. The predicted octanol–water partition coefficient (Wildman–Crippen LogP) is 0.688. The van der Waals surface area contributed by atoms with Crippen LogP contribution in [0.2, 0.25) is 0 Å². The number of nitrogens with two attached hydrogens (primary N) is 1. The largest absolute Gasteiger partial charge is 0.486 e. The summed E-state index contributed by atoms with van der Waals surface area (Å²) in [5.74, 6) is 1.27. The number of amides is 1. The molecular weight excluding hydrogens is 220 g/mol. The molecule has 5 heteroatoms. The lowest BCUT2D eigenvalue weighted by Crippen LogP contribution is -2.33. The van der Waals surface area contributed by atoms with Gasteiger partial charge in [0.15, 0.2) is 11.5 Å². The van der Waals surface area contributed by atoms with Gasteiger partial charge in [-0.2, -0.15) is 0 Å². The first-order valence-corrected chi connectivity index (χ1v) is 5.50. The van der Waals surface area contributed by atoms with E-state index in [-0.39, 0.29) is 12.5 Å². The van der Waals surface area contributed by atoms with Crippen LogP contribution in [0.5, 0.6) is 11.5 Å². The van der Waals surface area contributed by atoms with E-state index in [1.165, 1.54) is 4.90 Å². The fraction of sp³-hybridized carbons (Fsp3) is 0.417. The normalized spacial score (nSPS) is 13.4. The van der Waals surface area contributed by atoms with Gasteiger partial charge in [0.25, 0.3) is 0 Å². The van der Waals surface area contributed by atoms with Gasteiger partial charge in [-0.05, 0) is 18.6 Å². The zero-order valence-electron chi connectivity index (χ0n) is 10.0. The third-order valence-corrected chi connectivity index (χ3v) is 2.77. The molecule has 0 saturated carbocycles. The lowest BCUT2D eigenvalue weighted by atomic mass is 10.1. The molecule has 1 aliphatic heterocycles. The standard InChI is InChI=1S/C12H16N2O3/c1-8-5-10-11(17-4-3-16-10)6-9(8)14(2)12(15)7-13/h5-6H,3-4,7,13H2,1-2H3. The van der Waals surface area contributed by atoms with Crippen molar-refractivity contribution >= 4 is 11.6 Å². The minimum absolute atomic E-state index is 0.00954. The summed E-state index contributed by atoms with van der Waals surface area (Å²) in [6.45, 7) is 3.01. The number of rotatable bonds is 2. The van der Waals surface area contributed by atoms with Crippen molar-refractivity contribution in [2.75, 3.05) is 31.7 Å². The molecule has 1 aromatic rings. The smallest absolute Gasteiger partial charge is 0.240 e. The third kappa shape index (κ3) is 2.19. The van der Waals surface area contributed by atoms with E-state index in [1.807, 2.05) is 19.1 Å². The molecule has 0 atom stereocenters. The Morgan fingerprint density at radius 2 is 1.94 bits per heavy atom. The maximum Gasteiger partial charge on any atom is 0.240 e. The highest BCUT2D eigenvalue weighted by Crippen LogP contribution is 2.36. The quantitative estimate of drug-likeness (QED) is 0.820. The molecule has 0 radical (unpaired) electrons. The van der Waals surface area contributed by atoms with Crippen molar-refractivity contribution in [3.05, 3.63) is 17.7 Å². The molecule has 92 valence electrons. The van der Waals surface area contributed by atoms with Gasteiger partial charge in [-0.1, -0.05) is 0 Å². The number of anilines is 1. The first-order chi connectivity index (χ1) is 8.13. The van der Waals surface area contributed by atoms with Crippen molar-refractivity contribution in [2.45, 2.75) is 6.92 Å². The number of likely N-dealkylation sites (N-methyl/N-ethyl adjacent to an activating group) is 1. The van der Waals surface area contributed by atoms with E-state index in [9.17, 15) is 4.79 Å². The van der Waals surface area contributed by atoms with E-state index in [0.29, 0.717) is 19.0 Å². The number of hydrogen-bond donors (Lipinski definition) is 1. The average Bonchev–Trinajstić information content (AvgIpc) is 2.36. The number of hydrogen-bond acceptors (Lipinski definition) is 4. The second kappa shape index (κ2) is 4.63. The van der Waals surface area contributed by atoms with E-state index in [2.05, 4.69) is 0 Å². The molecule has 17 heavy (non-hydrogen) atoms. The molecule has 2 N–H and O–H groups in total. The van der Waals surface area contributed by atoms with Crippen LogP contribution in [-0.4, -0.2) is 32.7 Å². The van der Waals surface area contributed by atoms with Crippen LogP contribution in [0.25, 0.3) is 0 Å². The van der Waals surface area contributed by atoms with Crippen molar-refractivity contribution in [2.24, 2.45) is 5.73 Å². The van der Waals surface area contributed by atoms with Crippen LogP contribution >= 0.6 is 0 Å². The zero-order chi connectivity index (χ0) is 12.4. The Hall–Kier alpha value is -1.75. The molecule has 5 nitrogen and oxygen atoms in total. The number of fused-ring (bicyclic) bond motifs is 1. The Morgan fingerprint density at radius 3 is 2.53 bits per heavy atom. The minimum atomic E-state index is -0.134. The molecule has 1 aromatic carbocycles. The van der Waals surface area contributed by atoms with Gasteiger partial charge >= 0.3 is 0 Å². The van der Waals surface area contributed by atoms with Crippen molar-refractivity contribution in [1.29, 1.82) is 0 Å². The summed E-state index contributed by atoms with van der Waals surface area (Å²) in [5.41, 5.74) is 7.10. The SMILES string of the molecule is Cc1cc2c(cc1N(C)C(=O)CN)OCCO2. The fourth-order valence-corrected chi connectivity index (χ4v) is 1.81. The molecule has 2 rings (SSSR count). The van der Waals surface area contributed by atoms with Crippen LogP contribution in [0.4, 0.5) is 5.69 Å². The molecule has 0 fully saturated rings. The van der Waals surface area contributed by atoms with Crippen LogP contribution in [0, 0.1) is 6.92 Å². The highest BCUT2D eigenvalue weighted by Gasteiger charge is 2.18. The van der Waals surface area contributed by atoms with E-state index in [1.54, 1.807) is 7.05 Å². The second-order valence-electron chi connectivity index (χ2n) is 3.94. The Morgan fingerprint density at radius 1 is 1.35 bits per heavy atom. The maximum absolute atomic E-state index is 11.6. The summed E-state index contributed by atoms with van der Waals surface area (Å²) in [6.07, 6.45) is 0. The Balaban J connectivity index is 2.37. The van der Waals surface area contributed by atoms with Gasteiger partial charge in [-0.25, -0.2) is 0 Å². The van der Waals surface area contributed by atoms with Gasteiger partial charge in [0.1, 0.15) is 13.2 Å². The summed E-state index contributed by atoms with van der Waals surface area (Å²) in [7, 11) is 1.70. The van der Waals surface area contributed by atoms with Gasteiger partial charge in [0, 0.05) is 13.1 Å². The van der Waals surface area contributed by atoms with E-state index in [4.69, 9.17) is 15.2 Å². The van der Waals surface area contributed by atoms with Crippen molar-refractivity contribution < 1.29 is 14.3 Å². The molecule has 0 aromatic heterocycles. The molecule has 1 heterocycles. The first kappa shape index (κ1) is 11.7. The van der Waals surface area contributed by atoms with E-state index in [0.717, 1.165) is 17.0 Å². The molecule has 1 amide bonds. The Bertz CT molecular complexity index is 446. The van der Waals surface area contributed by atoms with E-state index >= 15 is 0 Å². The topological polar surface area (TPSA) is 64.8 Å².